The summed E-state index contributed by atoms with van der Waals surface area (Å²) < 4.78 is 4.94. The summed E-state index contributed by atoms with van der Waals surface area (Å²) in [4.78, 5) is 22.3. The van der Waals surface area contributed by atoms with Gasteiger partial charge in [-0.3, -0.25) is 14.9 Å². The maximum absolute atomic E-state index is 11.2. The molecule has 94 valence electrons. The van der Waals surface area contributed by atoms with Gasteiger partial charge in [-0.1, -0.05) is 27.2 Å². The Morgan fingerprint density at radius 1 is 1.38 bits per heavy atom. The highest BCUT2D eigenvalue weighted by molar-refractivity contribution is 5.81. The Labute approximate surface area is 96.7 Å². The molecule has 0 spiro atoms. The minimum absolute atomic E-state index is 0.0233. The van der Waals surface area contributed by atoms with E-state index in [1.807, 2.05) is 20.8 Å². The zero-order valence-electron chi connectivity index (χ0n) is 10.3. The first-order valence-corrected chi connectivity index (χ1v) is 5.67. The Hall–Kier alpha value is -1.10. The van der Waals surface area contributed by atoms with E-state index in [9.17, 15) is 9.59 Å². The molecule has 0 saturated carbocycles. The second kappa shape index (κ2) is 8.10. The molecule has 5 nitrogen and oxygen atoms in total. The van der Waals surface area contributed by atoms with Crippen molar-refractivity contribution in [2.24, 2.45) is 11.7 Å². The van der Waals surface area contributed by atoms with Crippen LogP contribution in [0.2, 0.25) is 0 Å². The van der Waals surface area contributed by atoms with Crippen LogP contribution in [0.4, 0.5) is 0 Å². The smallest absolute Gasteiger partial charge is 0.319 e. The Bertz CT molecular complexity index is 229. The topological polar surface area (TPSA) is 81.4 Å². The summed E-state index contributed by atoms with van der Waals surface area (Å²) in [7, 11) is 0. The number of hydrogen-bond donors (Lipinski definition) is 2. The minimum Gasteiger partial charge on any atom is -0.465 e. The highest BCUT2D eigenvalue weighted by Crippen LogP contribution is 2.00. The number of nitrogens with one attached hydrogen (secondary N) is 1. The zero-order valence-corrected chi connectivity index (χ0v) is 10.3. The normalized spacial score (nSPS) is 12.5. The van der Waals surface area contributed by atoms with Crippen LogP contribution in [-0.4, -0.2) is 31.1 Å². The highest BCUT2D eigenvalue weighted by atomic mass is 16.5. The van der Waals surface area contributed by atoms with Crippen molar-refractivity contribution in [3.63, 3.8) is 0 Å². The fraction of sp³-hybridized carbons (Fsp3) is 0.818. The molecule has 1 atom stereocenters. The second-order valence-corrected chi connectivity index (χ2v) is 4.08. The van der Waals surface area contributed by atoms with Crippen molar-refractivity contribution in [2.75, 3.05) is 13.2 Å². The molecule has 0 saturated heterocycles. The van der Waals surface area contributed by atoms with Crippen LogP contribution in [0.5, 0.6) is 0 Å². The highest BCUT2D eigenvalue weighted by Gasteiger charge is 2.19. The molecule has 0 rings (SSSR count). The van der Waals surface area contributed by atoms with Crippen LogP contribution >= 0.6 is 0 Å². The molecule has 0 aromatic rings. The fourth-order valence-corrected chi connectivity index (χ4v) is 1.24. The summed E-state index contributed by atoms with van der Waals surface area (Å²) >= 11 is 0. The average Bonchev–Trinajstić information content (AvgIpc) is 2.17. The van der Waals surface area contributed by atoms with Crippen LogP contribution in [-0.2, 0) is 14.3 Å². The number of carbonyl (C=O) groups excluding carboxylic acids is 2. The van der Waals surface area contributed by atoms with Gasteiger partial charge in [-0.2, -0.15) is 0 Å². The van der Waals surface area contributed by atoms with E-state index < -0.39 is 11.9 Å². The molecule has 16 heavy (non-hydrogen) atoms. The number of ether oxygens (including phenoxy) is 1. The standard InChI is InChI=1S/C11H22N2O3/c1-4-5-6-16-9(14)7-13-10(8(2)3)11(12)15/h8,10,13H,4-7H2,1-3H3,(H2,12,15). The van der Waals surface area contributed by atoms with E-state index in [-0.39, 0.29) is 18.4 Å². The first-order valence-electron chi connectivity index (χ1n) is 5.67. The molecule has 0 heterocycles. The quantitative estimate of drug-likeness (QED) is 0.468. The summed E-state index contributed by atoms with van der Waals surface area (Å²) in [6.45, 7) is 6.21. The zero-order chi connectivity index (χ0) is 12.6. The van der Waals surface area contributed by atoms with E-state index in [0.717, 1.165) is 12.8 Å². The average molecular weight is 230 g/mol. The van der Waals surface area contributed by atoms with Crippen molar-refractivity contribution < 1.29 is 14.3 Å². The molecule has 0 aliphatic heterocycles. The van der Waals surface area contributed by atoms with E-state index in [1.54, 1.807) is 0 Å². The molecule has 0 aromatic carbocycles. The van der Waals surface area contributed by atoms with Gasteiger partial charge in [0.25, 0.3) is 0 Å². The number of nitrogens with two attached hydrogens (primary N) is 1. The Morgan fingerprint density at radius 3 is 2.44 bits per heavy atom. The molecule has 0 radical (unpaired) electrons. The monoisotopic (exact) mass is 230 g/mol. The maximum atomic E-state index is 11.2. The lowest BCUT2D eigenvalue weighted by Gasteiger charge is -2.18. The van der Waals surface area contributed by atoms with Gasteiger partial charge in [0.1, 0.15) is 0 Å². The molecule has 0 bridgehead atoms. The van der Waals surface area contributed by atoms with Gasteiger partial charge in [0.15, 0.2) is 0 Å². The van der Waals surface area contributed by atoms with Crippen molar-refractivity contribution in [2.45, 2.75) is 39.7 Å². The van der Waals surface area contributed by atoms with Crippen molar-refractivity contribution >= 4 is 11.9 Å². The van der Waals surface area contributed by atoms with Crippen LogP contribution in [0.3, 0.4) is 0 Å². The van der Waals surface area contributed by atoms with Crippen LogP contribution in [0, 0.1) is 5.92 Å². The summed E-state index contributed by atoms with van der Waals surface area (Å²) in [5.41, 5.74) is 5.19. The molecule has 0 fully saturated rings. The predicted octanol–water partition coefficient (Wildman–Crippen LogP) is 0.429. The molecule has 0 aromatic heterocycles. The molecular formula is C11H22N2O3. The minimum atomic E-state index is -0.487. The third-order valence-corrected chi connectivity index (χ3v) is 2.20. The number of unbranched alkanes of at least 4 members (excludes halogenated alkanes) is 1. The van der Waals surface area contributed by atoms with Crippen LogP contribution in [0.1, 0.15) is 33.6 Å². The Morgan fingerprint density at radius 2 is 2.00 bits per heavy atom. The van der Waals surface area contributed by atoms with Crippen LogP contribution < -0.4 is 11.1 Å². The fourth-order valence-electron chi connectivity index (χ4n) is 1.24. The predicted molar refractivity (Wildman–Crippen MR) is 61.7 cm³/mol. The van der Waals surface area contributed by atoms with Crippen molar-refractivity contribution in [1.29, 1.82) is 0 Å². The largest absolute Gasteiger partial charge is 0.465 e. The van der Waals surface area contributed by atoms with Gasteiger partial charge in [-0.05, 0) is 12.3 Å². The SMILES string of the molecule is CCCCOC(=O)CNC(C(N)=O)C(C)C. The number of amides is 1. The van der Waals surface area contributed by atoms with Gasteiger partial charge in [-0.15, -0.1) is 0 Å². The summed E-state index contributed by atoms with van der Waals surface area (Å²) in [5, 5.41) is 2.80. The number of primary amides is 1. The molecule has 3 N–H and O–H groups in total. The third-order valence-electron chi connectivity index (χ3n) is 2.20. The Kier molecular flexibility index (Phi) is 7.54. The first kappa shape index (κ1) is 14.9. The van der Waals surface area contributed by atoms with Crippen molar-refractivity contribution in [3.05, 3.63) is 0 Å². The van der Waals surface area contributed by atoms with Gasteiger partial charge in [0.2, 0.25) is 5.91 Å². The summed E-state index contributed by atoms with van der Waals surface area (Å²) in [5.74, 6) is -0.738. The molecule has 0 aliphatic rings. The van der Waals surface area contributed by atoms with E-state index in [0.29, 0.717) is 6.61 Å². The molecule has 5 heteroatoms. The lowest BCUT2D eigenvalue weighted by atomic mass is 10.0. The van der Waals surface area contributed by atoms with E-state index >= 15 is 0 Å². The summed E-state index contributed by atoms with van der Waals surface area (Å²) in [6, 6.07) is -0.487. The Balaban J connectivity index is 3.83. The summed E-state index contributed by atoms with van der Waals surface area (Å²) in [6.07, 6.45) is 1.84. The molecule has 0 aliphatic carbocycles. The van der Waals surface area contributed by atoms with Gasteiger partial charge >= 0.3 is 5.97 Å². The van der Waals surface area contributed by atoms with Gasteiger partial charge in [-0.25, -0.2) is 0 Å². The molecule has 1 amide bonds. The third kappa shape index (κ3) is 6.40. The van der Waals surface area contributed by atoms with Crippen molar-refractivity contribution in [3.8, 4) is 0 Å². The number of rotatable bonds is 8. The van der Waals surface area contributed by atoms with E-state index in [4.69, 9.17) is 10.5 Å². The lowest BCUT2D eigenvalue weighted by Crippen LogP contribution is -2.47. The number of carbonyl (C=O) groups is 2. The van der Waals surface area contributed by atoms with Crippen LogP contribution in [0.25, 0.3) is 0 Å². The number of hydrogen-bond acceptors (Lipinski definition) is 4. The lowest BCUT2D eigenvalue weighted by molar-refractivity contribution is -0.142. The maximum Gasteiger partial charge on any atom is 0.319 e. The van der Waals surface area contributed by atoms with E-state index in [2.05, 4.69) is 5.32 Å². The number of esters is 1. The second-order valence-electron chi connectivity index (χ2n) is 4.08. The first-order chi connectivity index (χ1) is 7.49. The van der Waals surface area contributed by atoms with Gasteiger partial charge in [0.05, 0.1) is 19.2 Å². The van der Waals surface area contributed by atoms with Gasteiger partial charge < -0.3 is 10.5 Å². The molecule has 1 unspecified atom stereocenters. The van der Waals surface area contributed by atoms with Crippen LogP contribution in [0.15, 0.2) is 0 Å². The van der Waals surface area contributed by atoms with Gasteiger partial charge in [0, 0.05) is 0 Å². The van der Waals surface area contributed by atoms with Crippen molar-refractivity contribution in [1.82, 2.24) is 5.32 Å². The molecular weight excluding hydrogens is 208 g/mol. The van der Waals surface area contributed by atoms with E-state index in [1.165, 1.54) is 0 Å².